The molecular formula is C30H58N2Na2O6. The molecule has 40 heavy (non-hydrogen) atoms. The Morgan fingerprint density at radius 2 is 0.725 bits per heavy atom. The molecule has 0 aliphatic rings. The van der Waals surface area contributed by atoms with E-state index in [0.29, 0.717) is 12.8 Å². The van der Waals surface area contributed by atoms with Crippen molar-refractivity contribution in [1.82, 2.24) is 10.6 Å². The molecule has 0 rings (SSSR count). The monoisotopic (exact) mass is 588 g/mol. The fraction of sp³-hybridized carbons (Fsp3) is 0.867. The first-order valence-electron chi connectivity index (χ1n) is 15.4. The second kappa shape index (κ2) is 35.1. The Labute approximate surface area is 288 Å². The van der Waals surface area contributed by atoms with Crippen LogP contribution in [-0.2, 0) is 28.7 Å². The molecule has 0 atom stereocenters. The number of amides is 2. The molecule has 2 N–H and O–H groups in total. The molecular weight excluding hydrogens is 530 g/mol. The Balaban J connectivity index is -0.00000684. The summed E-state index contributed by atoms with van der Waals surface area (Å²) in [5.74, 6) is -2.35. The predicted octanol–water partition coefficient (Wildman–Crippen LogP) is 4.85. The van der Waals surface area contributed by atoms with Crippen LogP contribution < -0.4 is 10.6 Å². The van der Waals surface area contributed by atoms with E-state index in [9.17, 15) is 19.2 Å². The van der Waals surface area contributed by atoms with Crippen molar-refractivity contribution in [3.8, 4) is 0 Å². The first-order valence-corrected chi connectivity index (χ1v) is 15.4. The fourth-order valence-electron chi connectivity index (χ4n) is 4.16. The Hall–Kier alpha value is -0.120. The quantitative estimate of drug-likeness (QED) is 0.0647. The molecule has 10 heteroatoms. The number of hydrogen-bond acceptors (Lipinski definition) is 6. The van der Waals surface area contributed by atoms with Crippen molar-refractivity contribution in [3.63, 3.8) is 0 Å². The van der Waals surface area contributed by atoms with E-state index in [0.717, 1.165) is 38.5 Å². The van der Waals surface area contributed by atoms with Gasteiger partial charge < -0.3 is 20.1 Å². The predicted molar refractivity (Wildman–Crippen MR) is 166 cm³/mol. The third-order valence-corrected chi connectivity index (χ3v) is 6.50. The van der Waals surface area contributed by atoms with Crippen LogP contribution in [0.3, 0.4) is 0 Å². The van der Waals surface area contributed by atoms with E-state index in [1.807, 2.05) is 0 Å². The minimum atomic E-state index is -1.10. The molecule has 0 aliphatic carbocycles. The molecule has 0 radical (unpaired) electrons. The van der Waals surface area contributed by atoms with E-state index in [2.05, 4.69) is 24.5 Å². The summed E-state index contributed by atoms with van der Waals surface area (Å²) in [6, 6.07) is 0. The summed E-state index contributed by atoms with van der Waals surface area (Å²) in [5, 5.41) is 5.38. The third-order valence-electron chi connectivity index (χ3n) is 6.50. The molecule has 0 spiro atoms. The van der Waals surface area contributed by atoms with Crippen LogP contribution in [0.25, 0.3) is 0 Å². The van der Waals surface area contributed by atoms with Gasteiger partial charge in [0.05, 0.1) is 13.1 Å². The van der Waals surface area contributed by atoms with Crippen LogP contribution in [0.1, 0.15) is 142 Å². The van der Waals surface area contributed by atoms with E-state index in [4.69, 9.17) is 9.47 Å². The first-order chi connectivity index (χ1) is 18.5. The Morgan fingerprint density at radius 1 is 0.450 bits per heavy atom. The maximum atomic E-state index is 11.8. The number of hydrogen-bond donors (Lipinski definition) is 2. The molecule has 226 valence electrons. The number of esters is 2. The van der Waals surface area contributed by atoms with Crippen LogP contribution in [0.2, 0.25) is 0 Å². The molecule has 0 aromatic heterocycles. The number of unbranched alkanes of at least 4 members (excludes halogenated alkanes) is 16. The van der Waals surface area contributed by atoms with Gasteiger partial charge in [-0.25, -0.2) is 9.59 Å². The van der Waals surface area contributed by atoms with Crippen molar-refractivity contribution in [1.29, 1.82) is 0 Å². The topological polar surface area (TPSA) is 111 Å². The van der Waals surface area contributed by atoms with Crippen molar-refractivity contribution >= 4 is 82.9 Å². The molecule has 0 saturated heterocycles. The van der Waals surface area contributed by atoms with E-state index in [1.54, 1.807) is 0 Å². The maximum absolute atomic E-state index is 11.8. The third kappa shape index (κ3) is 32.4. The molecule has 0 aliphatic heterocycles. The van der Waals surface area contributed by atoms with Crippen LogP contribution in [0.5, 0.6) is 0 Å². The molecule has 8 nitrogen and oxygen atoms in total. The van der Waals surface area contributed by atoms with E-state index < -0.39 is 11.9 Å². The van der Waals surface area contributed by atoms with Crippen LogP contribution in [-0.4, -0.2) is 109 Å². The Morgan fingerprint density at radius 3 is 1.02 bits per heavy atom. The molecule has 0 fully saturated rings. The number of ether oxygens (including phenoxy) is 2. The van der Waals surface area contributed by atoms with Crippen molar-refractivity contribution < 1.29 is 28.7 Å². The summed E-state index contributed by atoms with van der Waals surface area (Å²) in [5.41, 5.74) is 0. The SMILES string of the molecule is CCCCCCCCCCCC(=O)NCCOC(=O)C(=O)OCCNC(=O)CCCCCCCCCCC.[NaH].[NaH]. The second-order valence-corrected chi connectivity index (χ2v) is 10.1. The number of carbonyl (C=O) groups excluding carboxylic acids is 4. The Bertz CT molecular complexity index is 571. The molecule has 0 bridgehead atoms. The molecule has 0 heterocycles. The van der Waals surface area contributed by atoms with Gasteiger partial charge in [-0.2, -0.15) is 0 Å². The van der Waals surface area contributed by atoms with Crippen molar-refractivity contribution in [2.24, 2.45) is 0 Å². The Kier molecular flexibility index (Phi) is 38.9. The van der Waals surface area contributed by atoms with Gasteiger partial charge in [-0.3, -0.25) is 9.59 Å². The molecule has 0 unspecified atom stereocenters. The van der Waals surface area contributed by atoms with Gasteiger partial charge in [-0.05, 0) is 12.8 Å². The minimum absolute atomic E-state index is 0. The zero-order valence-corrected chi connectivity index (χ0v) is 24.4. The number of rotatable bonds is 26. The molecule has 0 saturated carbocycles. The normalized spacial score (nSPS) is 10.2. The van der Waals surface area contributed by atoms with Gasteiger partial charge in [0.2, 0.25) is 11.8 Å². The number of carbonyl (C=O) groups is 4. The average molecular weight is 589 g/mol. The van der Waals surface area contributed by atoms with Gasteiger partial charge in [0, 0.05) is 12.8 Å². The molecule has 2 amide bonds. The summed E-state index contributed by atoms with van der Waals surface area (Å²) < 4.78 is 9.65. The summed E-state index contributed by atoms with van der Waals surface area (Å²) >= 11 is 0. The van der Waals surface area contributed by atoms with Gasteiger partial charge in [-0.15, -0.1) is 0 Å². The summed E-state index contributed by atoms with van der Waals surface area (Å²) in [7, 11) is 0. The number of nitrogens with one attached hydrogen (secondary N) is 2. The van der Waals surface area contributed by atoms with E-state index in [-0.39, 0.29) is 97.2 Å². The first kappa shape index (κ1) is 44.3. The zero-order chi connectivity index (χ0) is 28.1. The average Bonchev–Trinajstić information content (AvgIpc) is 2.91. The van der Waals surface area contributed by atoms with Crippen molar-refractivity contribution in [3.05, 3.63) is 0 Å². The van der Waals surface area contributed by atoms with Crippen molar-refractivity contribution in [2.45, 2.75) is 142 Å². The molecule has 0 aromatic carbocycles. The fourth-order valence-corrected chi connectivity index (χ4v) is 4.16. The van der Waals surface area contributed by atoms with Gasteiger partial charge in [0.1, 0.15) is 13.2 Å². The molecule has 0 aromatic rings. The van der Waals surface area contributed by atoms with Crippen molar-refractivity contribution in [2.75, 3.05) is 26.3 Å². The second-order valence-electron chi connectivity index (χ2n) is 10.1. The van der Waals surface area contributed by atoms with Crippen LogP contribution in [0, 0.1) is 0 Å². The summed E-state index contributed by atoms with van der Waals surface area (Å²) in [6.07, 6.45) is 22.4. The van der Waals surface area contributed by atoms with Crippen LogP contribution >= 0.6 is 0 Å². The van der Waals surface area contributed by atoms with Crippen LogP contribution in [0.4, 0.5) is 0 Å². The summed E-state index contributed by atoms with van der Waals surface area (Å²) in [4.78, 5) is 47.0. The van der Waals surface area contributed by atoms with E-state index in [1.165, 1.54) is 77.0 Å². The van der Waals surface area contributed by atoms with Gasteiger partial charge >= 0.3 is 71.1 Å². The standard InChI is InChI=1S/C30H56N2O6.2Na.2H/c1-3-5-7-9-11-13-15-17-19-21-27(33)31-23-25-37-29(35)30(36)38-26-24-32-28(34)22-20-18-16-14-12-10-8-6-4-2;;;;/h3-26H2,1-2H3,(H,31,33)(H,32,34);;;;. The zero-order valence-electron chi connectivity index (χ0n) is 24.4. The van der Waals surface area contributed by atoms with Gasteiger partial charge in [-0.1, -0.05) is 117 Å². The van der Waals surface area contributed by atoms with Gasteiger partial charge in [0.25, 0.3) is 0 Å². The van der Waals surface area contributed by atoms with E-state index >= 15 is 0 Å². The summed E-state index contributed by atoms with van der Waals surface area (Å²) in [6.45, 7) is 4.57. The van der Waals surface area contributed by atoms with Gasteiger partial charge in [0.15, 0.2) is 0 Å². The van der Waals surface area contributed by atoms with Crippen LogP contribution in [0.15, 0.2) is 0 Å².